The normalized spacial score (nSPS) is 10.5. The minimum atomic E-state index is 0.873. The number of aryl methyl sites for hydroxylation is 2. The summed E-state index contributed by atoms with van der Waals surface area (Å²) in [6.07, 6.45) is 0. The topological polar surface area (TPSA) is 21.3 Å². The molecule has 2 nitrogen and oxygen atoms in total. The van der Waals surface area contributed by atoms with Gasteiger partial charge in [0.05, 0.1) is 0 Å². The van der Waals surface area contributed by atoms with E-state index in [1.54, 1.807) is 0 Å². The van der Waals surface area contributed by atoms with Crippen LogP contribution in [0.3, 0.4) is 0 Å². The molecule has 100 valence electrons. The quantitative estimate of drug-likeness (QED) is 0.890. The maximum Gasteiger partial charge on any atom is 0.130 e. The summed E-state index contributed by atoms with van der Waals surface area (Å²) < 4.78 is 7.05. The number of benzene rings is 2. The summed E-state index contributed by atoms with van der Waals surface area (Å²) in [6, 6.07) is 12.3. The van der Waals surface area contributed by atoms with Crippen LogP contribution in [-0.2, 0) is 6.54 Å². The van der Waals surface area contributed by atoms with Crippen LogP contribution in [0.2, 0.25) is 0 Å². The van der Waals surface area contributed by atoms with E-state index in [0.717, 1.165) is 33.6 Å². The van der Waals surface area contributed by atoms with Crippen LogP contribution in [0, 0.1) is 13.8 Å². The molecule has 0 aromatic heterocycles. The predicted octanol–water partition coefficient (Wildman–Crippen LogP) is 4.58. The number of halogens is 1. The largest absolute Gasteiger partial charge is 0.457 e. The van der Waals surface area contributed by atoms with Crippen molar-refractivity contribution in [2.24, 2.45) is 0 Å². The molecule has 3 heteroatoms. The highest BCUT2D eigenvalue weighted by atomic mass is 79.9. The maximum absolute atomic E-state index is 5.99. The lowest BCUT2D eigenvalue weighted by molar-refractivity contribution is 0.475. The van der Waals surface area contributed by atoms with E-state index in [4.69, 9.17) is 4.74 Å². The van der Waals surface area contributed by atoms with Gasteiger partial charge in [0.2, 0.25) is 0 Å². The smallest absolute Gasteiger partial charge is 0.130 e. The summed E-state index contributed by atoms with van der Waals surface area (Å²) in [5.74, 6) is 1.80. The van der Waals surface area contributed by atoms with Crippen molar-refractivity contribution in [1.29, 1.82) is 0 Å². The van der Waals surface area contributed by atoms with Crippen molar-refractivity contribution in [2.75, 3.05) is 7.05 Å². The van der Waals surface area contributed by atoms with Crippen molar-refractivity contribution in [3.05, 3.63) is 57.6 Å². The van der Waals surface area contributed by atoms with Gasteiger partial charge in [-0.3, -0.25) is 0 Å². The van der Waals surface area contributed by atoms with Crippen molar-refractivity contribution < 1.29 is 4.74 Å². The number of nitrogens with one attached hydrogen (secondary N) is 1. The summed E-state index contributed by atoms with van der Waals surface area (Å²) in [6.45, 7) is 4.99. The Morgan fingerprint density at radius 3 is 2.21 bits per heavy atom. The first kappa shape index (κ1) is 14.1. The fourth-order valence-corrected chi connectivity index (χ4v) is 2.46. The van der Waals surface area contributed by atoms with Crippen LogP contribution in [0.4, 0.5) is 0 Å². The van der Waals surface area contributed by atoms with Crippen LogP contribution < -0.4 is 10.1 Å². The predicted molar refractivity (Wildman–Crippen MR) is 82.9 cm³/mol. The lowest BCUT2D eigenvalue weighted by Crippen LogP contribution is -2.05. The average Bonchev–Trinajstić information content (AvgIpc) is 2.36. The average molecular weight is 320 g/mol. The van der Waals surface area contributed by atoms with E-state index in [1.807, 2.05) is 32.2 Å². The van der Waals surface area contributed by atoms with Crippen molar-refractivity contribution >= 4 is 15.9 Å². The number of rotatable bonds is 4. The summed E-state index contributed by atoms with van der Waals surface area (Å²) in [4.78, 5) is 0. The molecule has 0 heterocycles. The molecule has 1 N–H and O–H groups in total. The molecule has 2 aromatic rings. The van der Waals surface area contributed by atoms with Crippen LogP contribution in [-0.4, -0.2) is 7.05 Å². The molecule has 0 amide bonds. The van der Waals surface area contributed by atoms with E-state index < -0.39 is 0 Å². The van der Waals surface area contributed by atoms with Gasteiger partial charge in [-0.25, -0.2) is 0 Å². The summed E-state index contributed by atoms with van der Waals surface area (Å²) in [5, 5.41) is 3.15. The molecule has 19 heavy (non-hydrogen) atoms. The van der Waals surface area contributed by atoms with Crippen molar-refractivity contribution in [1.82, 2.24) is 5.32 Å². The maximum atomic E-state index is 5.99. The molecule has 2 rings (SSSR count). The third-order valence-corrected chi connectivity index (χ3v) is 3.47. The lowest BCUT2D eigenvalue weighted by atomic mass is 10.1. The summed E-state index contributed by atoms with van der Waals surface area (Å²) in [7, 11) is 1.95. The van der Waals surface area contributed by atoms with Gasteiger partial charge in [0.15, 0.2) is 0 Å². The van der Waals surface area contributed by atoms with Crippen LogP contribution in [0.1, 0.15) is 16.7 Å². The molecule has 2 aromatic carbocycles. The first-order chi connectivity index (χ1) is 9.10. The zero-order valence-corrected chi connectivity index (χ0v) is 13.0. The second kappa shape index (κ2) is 6.22. The van der Waals surface area contributed by atoms with Crippen molar-refractivity contribution in [3.8, 4) is 11.5 Å². The van der Waals surface area contributed by atoms with E-state index >= 15 is 0 Å². The molecule has 0 radical (unpaired) electrons. The lowest BCUT2D eigenvalue weighted by Gasteiger charge is -2.12. The second-order valence-electron chi connectivity index (χ2n) is 4.64. The van der Waals surface area contributed by atoms with Crippen LogP contribution in [0.5, 0.6) is 11.5 Å². The Labute approximate surface area is 122 Å². The van der Waals surface area contributed by atoms with Gasteiger partial charge >= 0.3 is 0 Å². The fraction of sp³-hybridized carbons (Fsp3) is 0.250. The molecule has 0 bridgehead atoms. The number of hydrogen-bond donors (Lipinski definition) is 1. The van der Waals surface area contributed by atoms with Crippen LogP contribution in [0.15, 0.2) is 40.9 Å². The van der Waals surface area contributed by atoms with Gasteiger partial charge < -0.3 is 10.1 Å². The molecule has 0 saturated carbocycles. The highest BCUT2D eigenvalue weighted by Gasteiger charge is 2.05. The van der Waals surface area contributed by atoms with Gasteiger partial charge in [-0.05, 0) is 61.9 Å². The molecular weight excluding hydrogens is 302 g/mol. The zero-order valence-electron chi connectivity index (χ0n) is 11.5. The van der Waals surface area contributed by atoms with E-state index in [9.17, 15) is 0 Å². The van der Waals surface area contributed by atoms with Crippen LogP contribution >= 0.6 is 15.9 Å². The van der Waals surface area contributed by atoms with E-state index in [-0.39, 0.29) is 0 Å². The van der Waals surface area contributed by atoms with Crippen molar-refractivity contribution in [3.63, 3.8) is 0 Å². The van der Waals surface area contributed by atoms with E-state index in [2.05, 4.69) is 46.4 Å². The van der Waals surface area contributed by atoms with E-state index in [1.165, 1.54) is 5.56 Å². The molecule has 0 atom stereocenters. The molecule has 0 saturated heterocycles. The molecular formula is C16H18BrNO. The SMILES string of the molecule is CNCc1ccc(Oc2ccc(Br)cc2C)c(C)c1. The van der Waals surface area contributed by atoms with Crippen LogP contribution in [0.25, 0.3) is 0 Å². The van der Waals surface area contributed by atoms with Gasteiger partial charge in [-0.15, -0.1) is 0 Å². The summed E-state index contributed by atoms with van der Waals surface area (Å²) >= 11 is 3.46. The van der Waals surface area contributed by atoms with Gasteiger partial charge in [-0.2, -0.15) is 0 Å². The van der Waals surface area contributed by atoms with Gasteiger partial charge in [-0.1, -0.05) is 28.1 Å². The van der Waals surface area contributed by atoms with Crippen molar-refractivity contribution in [2.45, 2.75) is 20.4 Å². The standard InChI is InChI=1S/C16H18BrNO/c1-11-8-13(10-18-3)4-6-15(11)19-16-7-5-14(17)9-12(16)2/h4-9,18H,10H2,1-3H3. The Morgan fingerprint density at radius 1 is 1.00 bits per heavy atom. The first-order valence-electron chi connectivity index (χ1n) is 6.28. The molecule has 0 aliphatic heterocycles. The van der Waals surface area contributed by atoms with Gasteiger partial charge in [0.1, 0.15) is 11.5 Å². The highest BCUT2D eigenvalue weighted by molar-refractivity contribution is 9.10. The second-order valence-corrected chi connectivity index (χ2v) is 5.56. The Morgan fingerprint density at radius 2 is 1.63 bits per heavy atom. The van der Waals surface area contributed by atoms with Gasteiger partial charge in [0, 0.05) is 11.0 Å². The monoisotopic (exact) mass is 319 g/mol. The third kappa shape index (κ3) is 3.58. The minimum absolute atomic E-state index is 0.873. The summed E-state index contributed by atoms with van der Waals surface area (Å²) in [5.41, 5.74) is 3.53. The zero-order chi connectivity index (χ0) is 13.8. The Balaban J connectivity index is 2.23. The molecule has 0 fully saturated rings. The Bertz CT molecular complexity index is 581. The van der Waals surface area contributed by atoms with E-state index in [0.29, 0.717) is 0 Å². The minimum Gasteiger partial charge on any atom is -0.457 e. The fourth-order valence-electron chi connectivity index (χ4n) is 1.99. The van der Waals surface area contributed by atoms with Gasteiger partial charge in [0.25, 0.3) is 0 Å². The molecule has 0 unspecified atom stereocenters. The molecule has 0 spiro atoms. The Kier molecular flexibility index (Phi) is 4.61. The molecule has 0 aliphatic carbocycles. The molecule has 0 aliphatic rings. The number of ether oxygens (including phenoxy) is 1. The third-order valence-electron chi connectivity index (χ3n) is 2.98. The Hall–Kier alpha value is -1.32. The highest BCUT2D eigenvalue weighted by Crippen LogP contribution is 2.29. The number of hydrogen-bond acceptors (Lipinski definition) is 2. The first-order valence-corrected chi connectivity index (χ1v) is 7.07.